The molecule has 0 radical (unpaired) electrons. The maximum Gasteiger partial charge on any atom is 0.323 e. The Bertz CT molecular complexity index is 1010. The van der Waals surface area contributed by atoms with Crippen molar-refractivity contribution in [3.8, 4) is 5.75 Å². The summed E-state index contributed by atoms with van der Waals surface area (Å²) < 4.78 is 0. The molecule has 1 aromatic carbocycles. The van der Waals surface area contributed by atoms with Gasteiger partial charge in [0, 0.05) is 43.5 Å². The minimum Gasteiger partial charge on any atom is -0.508 e. The zero-order valence-electron chi connectivity index (χ0n) is 18.4. The van der Waals surface area contributed by atoms with Gasteiger partial charge in [0.05, 0.1) is 6.10 Å². The van der Waals surface area contributed by atoms with E-state index in [0.717, 1.165) is 21.4 Å². The van der Waals surface area contributed by atoms with Gasteiger partial charge in [-0.3, -0.25) is 19.8 Å². The van der Waals surface area contributed by atoms with E-state index in [-0.39, 0.29) is 24.7 Å². The Hall–Kier alpha value is -3.88. The molecule has 0 saturated carbocycles. The zero-order valence-corrected chi connectivity index (χ0v) is 18.4. The van der Waals surface area contributed by atoms with Crippen molar-refractivity contribution < 1.29 is 39.9 Å². The van der Waals surface area contributed by atoms with E-state index >= 15 is 0 Å². The van der Waals surface area contributed by atoms with Crippen LogP contribution in [0.2, 0.25) is 0 Å². The summed E-state index contributed by atoms with van der Waals surface area (Å²) in [4.78, 5) is 34.9. The van der Waals surface area contributed by atoms with Gasteiger partial charge in [0.2, 0.25) is 0 Å². The summed E-state index contributed by atoms with van der Waals surface area (Å²) in [5, 5.41) is 53.6. The van der Waals surface area contributed by atoms with E-state index in [1.54, 1.807) is 24.4 Å². The molecule has 188 valence electrons. The molecule has 1 aliphatic rings. The number of phenols is 1. The first-order valence-electron chi connectivity index (χ1n) is 10.00. The van der Waals surface area contributed by atoms with E-state index < -0.39 is 36.1 Å². The lowest BCUT2D eigenvalue weighted by Gasteiger charge is -2.12. The number of phenolic OH excluding ortho intramolecular Hbond substituents is 1. The number of nitrogens with two attached hydrogens (primary N) is 2. The van der Waals surface area contributed by atoms with Crippen molar-refractivity contribution in [2.45, 2.75) is 31.0 Å². The van der Waals surface area contributed by atoms with E-state index in [1.165, 1.54) is 7.05 Å². The number of carbonyl (C=O) groups is 3. The van der Waals surface area contributed by atoms with Crippen molar-refractivity contribution >= 4 is 34.8 Å². The fourth-order valence-corrected chi connectivity index (χ4v) is 2.85. The number of β-amino-alcohol motifs (C(OH)–C–C–N with tert-alkyl or cyclic N) is 1. The Morgan fingerprint density at radius 2 is 1.91 bits per heavy atom. The second-order valence-electron chi connectivity index (χ2n) is 7.52. The molecule has 1 aliphatic heterocycles. The number of likely N-dealkylation sites (N-methyl/N-ethyl adjacent to an activating group) is 1. The van der Waals surface area contributed by atoms with Crippen molar-refractivity contribution in [3.63, 3.8) is 0 Å². The molecule has 2 heterocycles. The molecule has 0 bridgehead atoms. The maximum absolute atomic E-state index is 10.6. The summed E-state index contributed by atoms with van der Waals surface area (Å²) in [7, 11) is 1.44. The Labute approximate surface area is 194 Å². The number of aromatic hydroxyl groups is 1. The molecule has 1 fully saturated rings. The Morgan fingerprint density at radius 3 is 2.32 bits per heavy atom. The number of carboxylic acids is 3. The zero-order chi connectivity index (χ0) is 26.0. The van der Waals surface area contributed by atoms with Gasteiger partial charge in [-0.1, -0.05) is 0 Å². The lowest BCUT2D eigenvalue weighted by molar-refractivity contribution is -0.139. The highest BCUT2D eigenvalue weighted by atomic mass is 16.4. The number of aliphatic hydroxyl groups excluding tert-OH is 1. The number of rotatable bonds is 6. The van der Waals surface area contributed by atoms with Crippen LogP contribution in [0.25, 0.3) is 10.9 Å². The standard InChI is InChI=1S/C11H12N2O3.C5H9NO3.C4H9N3O2/c12-9(11(15)16)3-6-5-13-10-2-1-7(14)4-8(6)10;7-3-1-4(5(8)9)6-2-3;1-7(4(5)6)2-3(8)9/h1-2,4-5,9,13-14H,3,12H2,(H,15,16);3-4,6-7H,1-2H2,(H,8,9);2H2,1H3,(H3,5,6)(H,8,9). The number of aromatic nitrogens is 1. The molecule has 14 nitrogen and oxygen atoms in total. The highest BCUT2D eigenvalue weighted by Gasteiger charge is 2.27. The molecule has 3 atom stereocenters. The van der Waals surface area contributed by atoms with E-state index in [9.17, 15) is 19.5 Å². The number of nitrogens with one attached hydrogen (secondary N) is 3. The van der Waals surface area contributed by atoms with Crippen LogP contribution < -0.4 is 16.8 Å². The Kier molecular flexibility index (Phi) is 10.7. The minimum absolute atomic E-state index is 0.150. The van der Waals surface area contributed by atoms with Crippen LogP contribution in [-0.2, 0) is 20.8 Å². The van der Waals surface area contributed by atoms with Gasteiger partial charge >= 0.3 is 17.9 Å². The fourth-order valence-electron chi connectivity index (χ4n) is 2.85. The molecule has 0 spiro atoms. The van der Waals surface area contributed by atoms with Gasteiger partial charge in [-0.05, 0) is 23.8 Å². The fraction of sp³-hybridized carbons (Fsp3) is 0.400. The van der Waals surface area contributed by atoms with Gasteiger partial charge in [-0.15, -0.1) is 0 Å². The van der Waals surface area contributed by atoms with Gasteiger partial charge in [0.1, 0.15) is 24.4 Å². The number of benzene rings is 1. The second kappa shape index (κ2) is 13.0. The summed E-state index contributed by atoms with van der Waals surface area (Å²) >= 11 is 0. The lowest BCUT2D eigenvalue weighted by Crippen LogP contribution is -2.36. The molecule has 2 aromatic rings. The Balaban J connectivity index is 0.000000276. The van der Waals surface area contributed by atoms with Crippen LogP contribution in [0.1, 0.15) is 12.0 Å². The van der Waals surface area contributed by atoms with Crippen molar-refractivity contribution in [2.24, 2.45) is 11.5 Å². The molecule has 0 amide bonds. The van der Waals surface area contributed by atoms with Crippen LogP contribution in [0.3, 0.4) is 0 Å². The highest BCUT2D eigenvalue weighted by molar-refractivity contribution is 5.85. The number of guanidine groups is 1. The van der Waals surface area contributed by atoms with Crippen LogP contribution >= 0.6 is 0 Å². The SMILES string of the molecule is CN(CC(=O)O)C(=N)N.NC(Cc1c[nH]c2ccc(O)cc12)C(=O)O.O=C(O)C1CC(O)CN1. The first-order valence-corrected chi connectivity index (χ1v) is 10.00. The number of carboxylic acid groups (broad SMARTS) is 3. The predicted octanol–water partition coefficient (Wildman–Crippen LogP) is -1.48. The van der Waals surface area contributed by atoms with Crippen LogP contribution in [0.15, 0.2) is 24.4 Å². The summed E-state index contributed by atoms with van der Waals surface area (Å²) in [6.07, 6.45) is 1.80. The molecule has 1 aromatic heterocycles. The minimum atomic E-state index is -1.03. The molecular weight excluding hydrogens is 452 g/mol. The van der Waals surface area contributed by atoms with E-state index in [4.69, 9.17) is 37.3 Å². The average Bonchev–Trinajstić information content (AvgIpc) is 3.34. The van der Waals surface area contributed by atoms with Gasteiger partial charge in [0.25, 0.3) is 0 Å². The molecule has 12 N–H and O–H groups in total. The number of aliphatic hydroxyl groups is 1. The van der Waals surface area contributed by atoms with Crippen molar-refractivity contribution in [3.05, 3.63) is 30.0 Å². The van der Waals surface area contributed by atoms with Gasteiger partial charge in [-0.2, -0.15) is 0 Å². The lowest BCUT2D eigenvalue weighted by atomic mass is 10.1. The third kappa shape index (κ3) is 9.32. The summed E-state index contributed by atoms with van der Waals surface area (Å²) in [5.41, 5.74) is 12.0. The quantitative estimate of drug-likeness (QED) is 0.167. The molecule has 34 heavy (non-hydrogen) atoms. The molecule has 1 saturated heterocycles. The topological polar surface area (TPSA) is 259 Å². The van der Waals surface area contributed by atoms with Gasteiger partial charge in [0.15, 0.2) is 5.96 Å². The van der Waals surface area contributed by atoms with Crippen LogP contribution in [0.4, 0.5) is 0 Å². The van der Waals surface area contributed by atoms with E-state index in [1.807, 2.05) is 0 Å². The number of hydrogen-bond donors (Lipinski definition) is 10. The molecule has 3 rings (SSSR count). The Morgan fingerprint density at radius 1 is 1.26 bits per heavy atom. The summed E-state index contributed by atoms with van der Waals surface area (Å²) in [6, 6.07) is 3.43. The highest BCUT2D eigenvalue weighted by Crippen LogP contribution is 2.23. The number of aromatic amines is 1. The summed E-state index contributed by atoms with van der Waals surface area (Å²) in [6.45, 7) is 0.173. The predicted molar refractivity (Wildman–Crippen MR) is 122 cm³/mol. The second-order valence-corrected chi connectivity index (χ2v) is 7.52. The smallest absolute Gasteiger partial charge is 0.323 e. The average molecular weight is 482 g/mol. The normalized spacial score (nSPS) is 17.5. The number of H-pyrrole nitrogens is 1. The first-order chi connectivity index (χ1) is 15.8. The van der Waals surface area contributed by atoms with Crippen LogP contribution in [-0.4, -0.2) is 97.6 Å². The molecular formula is C20H30N6O8. The van der Waals surface area contributed by atoms with Gasteiger partial charge in [-0.25, -0.2) is 0 Å². The van der Waals surface area contributed by atoms with Gasteiger partial charge < -0.3 is 52.2 Å². The maximum atomic E-state index is 10.6. The summed E-state index contributed by atoms with van der Waals surface area (Å²) in [5.74, 6) is -3.00. The third-order valence-electron chi connectivity index (χ3n) is 4.70. The molecule has 3 unspecified atom stereocenters. The van der Waals surface area contributed by atoms with Crippen molar-refractivity contribution in [1.29, 1.82) is 5.41 Å². The van der Waals surface area contributed by atoms with Crippen LogP contribution in [0, 0.1) is 5.41 Å². The third-order valence-corrected chi connectivity index (χ3v) is 4.70. The monoisotopic (exact) mass is 482 g/mol. The number of hydrogen-bond acceptors (Lipinski definition) is 8. The first kappa shape index (κ1) is 28.2. The van der Waals surface area contributed by atoms with Crippen molar-refractivity contribution in [1.82, 2.24) is 15.2 Å². The largest absolute Gasteiger partial charge is 0.508 e. The van der Waals surface area contributed by atoms with E-state index in [0.29, 0.717) is 13.0 Å². The molecule has 14 heteroatoms. The van der Waals surface area contributed by atoms with E-state index in [2.05, 4.69) is 10.3 Å². The number of aliphatic carboxylic acids is 3. The number of fused-ring (bicyclic) bond motifs is 1. The van der Waals surface area contributed by atoms with Crippen LogP contribution in [0.5, 0.6) is 5.75 Å². The molecule has 0 aliphatic carbocycles. The number of nitrogens with zero attached hydrogens (tertiary/aromatic N) is 1. The van der Waals surface area contributed by atoms with Crippen molar-refractivity contribution in [2.75, 3.05) is 20.1 Å².